The molecular weight excluding hydrogens is 232 g/mol. The van der Waals surface area contributed by atoms with Gasteiger partial charge in [-0.1, -0.05) is 0 Å². The molecule has 0 bridgehead atoms. The Balaban J connectivity index is 2.40. The van der Waals surface area contributed by atoms with Crippen molar-refractivity contribution in [2.45, 2.75) is 51.3 Å². The van der Waals surface area contributed by atoms with Crippen LogP contribution in [0, 0.1) is 0 Å². The summed E-state index contributed by atoms with van der Waals surface area (Å²) in [6.07, 6.45) is 0.865. The predicted octanol–water partition coefficient (Wildman–Crippen LogP) is 0.685. The molecule has 5 nitrogen and oxygen atoms in total. The van der Waals surface area contributed by atoms with Gasteiger partial charge < -0.3 is 20.1 Å². The van der Waals surface area contributed by atoms with Crippen LogP contribution in [-0.4, -0.2) is 50.0 Å². The minimum Gasteiger partial charge on any atom is -0.378 e. The second-order valence-electron chi connectivity index (χ2n) is 6.03. The van der Waals surface area contributed by atoms with Gasteiger partial charge in [-0.3, -0.25) is 4.79 Å². The molecule has 2 atom stereocenters. The Kier molecular flexibility index (Phi) is 5.13. The Morgan fingerprint density at radius 2 is 2.17 bits per heavy atom. The number of amides is 1. The highest BCUT2D eigenvalue weighted by molar-refractivity contribution is 5.81. The molecule has 1 fully saturated rings. The van der Waals surface area contributed by atoms with E-state index in [2.05, 4.69) is 10.6 Å². The number of ether oxygens (including phenoxy) is 2. The lowest BCUT2D eigenvalue weighted by Gasteiger charge is -2.29. The summed E-state index contributed by atoms with van der Waals surface area (Å²) in [5, 5.41) is 6.17. The zero-order valence-corrected chi connectivity index (χ0v) is 12.1. The molecule has 0 aromatic heterocycles. The summed E-state index contributed by atoms with van der Waals surface area (Å²) in [5.41, 5.74) is -0.487. The van der Waals surface area contributed by atoms with Gasteiger partial charge in [-0.05, 0) is 27.7 Å². The maximum Gasteiger partial charge on any atom is 0.237 e. The molecular formula is C13H26N2O3. The molecule has 0 spiro atoms. The molecule has 0 saturated carbocycles. The van der Waals surface area contributed by atoms with Crippen molar-refractivity contribution in [3.8, 4) is 0 Å². The van der Waals surface area contributed by atoms with Crippen LogP contribution in [0.5, 0.6) is 0 Å². The summed E-state index contributed by atoms with van der Waals surface area (Å²) < 4.78 is 10.9. The van der Waals surface area contributed by atoms with Crippen LogP contribution < -0.4 is 10.6 Å². The number of rotatable bonds is 5. The average Bonchev–Trinajstić information content (AvgIpc) is 2.73. The van der Waals surface area contributed by atoms with Crippen LogP contribution in [0.2, 0.25) is 0 Å². The lowest BCUT2D eigenvalue weighted by molar-refractivity contribution is -0.124. The standard InChI is InChI=1S/C13H26N2O3/c1-10(11(16)15-12(2,3)4)14-8-13(17-5)6-7-18-9-13/h10,14H,6-9H2,1-5H3,(H,15,16). The number of hydrogen-bond acceptors (Lipinski definition) is 4. The van der Waals surface area contributed by atoms with Gasteiger partial charge in [0.1, 0.15) is 5.60 Å². The molecule has 0 aromatic rings. The Labute approximate surface area is 110 Å². The van der Waals surface area contributed by atoms with Gasteiger partial charge in [0.2, 0.25) is 5.91 Å². The van der Waals surface area contributed by atoms with Gasteiger partial charge in [-0.2, -0.15) is 0 Å². The molecule has 18 heavy (non-hydrogen) atoms. The number of hydrogen-bond donors (Lipinski definition) is 2. The van der Waals surface area contributed by atoms with Gasteiger partial charge in [-0.25, -0.2) is 0 Å². The molecule has 5 heteroatoms. The minimum absolute atomic E-state index is 0.00710. The predicted molar refractivity (Wildman–Crippen MR) is 70.5 cm³/mol. The van der Waals surface area contributed by atoms with E-state index >= 15 is 0 Å². The van der Waals surface area contributed by atoms with Crippen LogP contribution in [-0.2, 0) is 14.3 Å². The quantitative estimate of drug-likeness (QED) is 0.761. The Hall–Kier alpha value is -0.650. The zero-order chi connectivity index (χ0) is 13.8. The van der Waals surface area contributed by atoms with E-state index in [-0.39, 0.29) is 23.1 Å². The summed E-state index contributed by atoms with van der Waals surface area (Å²) in [6, 6.07) is -0.239. The zero-order valence-electron chi connectivity index (χ0n) is 12.1. The van der Waals surface area contributed by atoms with Crippen molar-refractivity contribution in [2.24, 2.45) is 0 Å². The Bertz CT molecular complexity index is 280. The second kappa shape index (κ2) is 5.99. The molecule has 2 N–H and O–H groups in total. The number of methoxy groups -OCH3 is 1. The average molecular weight is 258 g/mol. The normalized spacial score (nSPS) is 26.1. The van der Waals surface area contributed by atoms with Gasteiger partial charge in [-0.15, -0.1) is 0 Å². The van der Waals surface area contributed by atoms with Crippen LogP contribution in [0.3, 0.4) is 0 Å². The minimum atomic E-state index is -0.281. The number of nitrogens with one attached hydrogen (secondary N) is 2. The molecule has 1 saturated heterocycles. The highest BCUT2D eigenvalue weighted by Gasteiger charge is 2.35. The van der Waals surface area contributed by atoms with Crippen molar-refractivity contribution in [3.05, 3.63) is 0 Å². The first kappa shape index (κ1) is 15.4. The fraction of sp³-hybridized carbons (Fsp3) is 0.923. The first-order chi connectivity index (χ1) is 8.28. The summed E-state index contributed by atoms with van der Waals surface area (Å²) >= 11 is 0. The molecule has 1 rings (SSSR count). The maximum atomic E-state index is 11.9. The Morgan fingerprint density at radius 1 is 1.50 bits per heavy atom. The van der Waals surface area contributed by atoms with Crippen molar-refractivity contribution in [3.63, 3.8) is 0 Å². The summed E-state index contributed by atoms with van der Waals surface area (Å²) in [6.45, 7) is 9.71. The fourth-order valence-corrected chi connectivity index (χ4v) is 1.87. The van der Waals surface area contributed by atoms with Crippen LogP contribution in [0.25, 0.3) is 0 Å². The van der Waals surface area contributed by atoms with E-state index in [9.17, 15) is 4.79 Å². The van der Waals surface area contributed by atoms with E-state index in [1.165, 1.54) is 0 Å². The summed E-state index contributed by atoms with van der Waals surface area (Å²) in [7, 11) is 1.69. The highest BCUT2D eigenvalue weighted by atomic mass is 16.5. The first-order valence-electron chi connectivity index (χ1n) is 6.46. The van der Waals surface area contributed by atoms with Gasteiger partial charge in [0, 0.05) is 32.2 Å². The first-order valence-corrected chi connectivity index (χ1v) is 6.46. The third-order valence-electron chi connectivity index (χ3n) is 3.12. The molecule has 0 aromatic carbocycles. The third kappa shape index (κ3) is 4.55. The molecule has 1 aliphatic heterocycles. The maximum absolute atomic E-state index is 11.9. The van der Waals surface area contributed by atoms with Crippen molar-refractivity contribution in [1.82, 2.24) is 10.6 Å². The van der Waals surface area contributed by atoms with Gasteiger partial charge >= 0.3 is 0 Å². The van der Waals surface area contributed by atoms with Crippen LogP contribution in [0.1, 0.15) is 34.1 Å². The van der Waals surface area contributed by atoms with Crippen LogP contribution in [0.4, 0.5) is 0 Å². The van der Waals surface area contributed by atoms with Gasteiger partial charge in [0.15, 0.2) is 0 Å². The fourth-order valence-electron chi connectivity index (χ4n) is 1.87. The van der Waals surface area contributed by atoms with Gasteiger partial charge in [0.05, 0.1) is 12.6 Å². The van der Waals surface area contributed by atoms with Crippen LogP contribution in [0.15, 0.2) is 0 Å². The smallest absolute Gasteiger partial charge is 0.237 e. The SMILES string of the molecule is COC1(CNC(C)C(=O)NC(C)(C)C)CCOC1. The third-order valence-corrected chi connectivity index (χ3v) is 3.12. The monoisotopic (exact) mass is 258 g/mol. The highest BCUT2D eigenvalue weighted by Crippen LogP contribution is 2.21. The van der Waals surface area contributed by atoms with Crippen molar-refractivity contribution in [1.29, 1.82) is 0 Å². The lowest BCUT2D eigenvalue weighted by Crippen LogP contribution is -2.53. The van der Waals surface area contributed by atoms with Gasteiger partial charge in [0.25, 0.3) is 0 Å². The van der Waals surface area contributed by atoms with E-state index in [1.54, 1.807) is 7.11 Å². The van der Waals surface area contributed by atoms with E-state index in [0.717, 1.165) is 13.0 Å². The Morgan fingerprint density at radius 3 is 2.61 bits per heavy atom. The second-order valence-corrected chi connectivity index (χ2v) is 6.03. The molecule has 0 aliphatic carbocycles. The van der Waals surface area contributed by atoms with Crippen LogP contribution >= 0.6 is 0 Å². The summed E-state index contributed by atoms with van der Waals surface area (Å²) in [4.78, 5) is 11.9. The lowest BCUT2D eigenvalue weighted by atomic mass is 10.0. The molecule has 106 valence electrons. The molecule has 2 unspecified atom stereocenters. The molecule has 0 radical (unpaired) electrons. The van der Waals surface area contributed by atoms with Crippen molar-refractivity contribution < 1.29 is 14.3 Å². The largest absolute Gasteiger partial charge is 0.378 e. The van der Waals surface area contributed by atoms with E-state index in [0.29, 0.717) is 13.2 Å². The topological polar surface area (TPSA) is 59.6 Å². The molecule has 1 aliphatic rings. The molecule has 1 amide bonds. The van der Waals surface area contributed by atoms with E-state index in [4.69, 9.17) is 9.47 Å². The van der Waals surface area contributed by atoms with Crippen molar-refractivity contribution >= 4 is 5.91 Å². The molecule has 1 heterocycles. The number of carbonyl (C=O) groups excluding carboxylic acids is 1. The van der Waals surface area contributed by atoms with E-state index < -0.39 is 0 Å². The van der Waals surface area contributed by atoms with Crippen molar-refractivity contribution in [2.75, 3.05) is 26.9 Å². The summed E-state index contributed by atoms with van der Waals surface area (Å²) in [5.74, 6) is 0.00710. The van der Waals surface area contributed by atoms with E-state index in [1.807, 2.05) is 27.7 Å². The number of carbonyl (C=O) groups is 1.